The van der Waals surface area contributed by atoms with Crippen molar-refractivity contribution in [1.29, 1.82) is 0 Å². The number of nitrogens with zero attached hydrogens (tertiary/aromatic N) is 1. The van der Waals surface area contributed by atoms with Crippen LogP contribution in [0.15, 0.2) is 24.3 Å². The SMILES string of the molecule is COc1ccccc1C(=O)N[C@H](C(=O)N1C[C@H](C)O[C@@H](C)C1)C(C)C. The summed E-state index contributed by atoms with van der Waals surface area (Å²) in [5.74, 6) is 0.0855. The Morgan fingerprint density at radius 1 is 1.20 bits per heavy atom. The highest BCUT2D eigenvalue weighted by Crippen LogP contribution is 2.19. The zero-order valence-corrected chi connectivity index (χ0v) is 15.6. The Morgan fingerprint density at radius 3 is 2.36 bits per heavy atom. The van der Waals surface area contributed by atoms with Gasteiger partial charge in [-0.1, -0.05) is 26.0 Å². The summed E-state index contributed by atoms with van der Waals surface area (Å²) in [4.78, 5) is 27.4. The Kier molecular flexibility index (Phi) is 6.42. The average molecular weight is 348 g/mol. The number of amides is 2. The van der Waals surface area contributed by atoms with E-state index in [0.717, 1.165) is 0 Å². The first kappa shape index (κ1) is 19.2. The van der Waals surface area contributed by atoms with E-state index in [-0.39, 0.29) is 29.9 Å². The second kappa shape index (κ2) is 8.34. The minimum atomic E-state index is -0.588. The molecule has 1 aliphatic rings. The fourth-order valence-corrected chi connectivity index (χ4v) is 3.12. The average Bonchev–Trinajstić information content (AvgIpc) is 2.57. The summed E-state index contributed by atoms with van der Waals surface area (Å²) in [7, 11) is 1.52. The van der Waals surface area contributed by atoms with Crippen LogP contribution in [0.3, 0.4) is 0 Å². The van der Waals surface area contributed by atoms with Gasteiger partial charge in [0.1, 0.15) is 11.8 Å². The van der Waals surface area contributed by atoms with Crippen LogP contribution in [0.25, 0.3) is 0 Å². The maximum absolute atomic E-state index is 13.0. The minimum Gasteiger partial charge on any atom is -0.496 e. The number of para-hydroxylation sites is 1. The van der Waals surface area contributed by atoms with Crippen LogP contribution in [0.1, 0.15) is 38.1 Å². The van der Waals surface area contributed by atoms with Gasteiger partial charge in [-0.3, -0.25) is 9.59 Å². The molecule has 0 aromatic heterocycles. The van der Waals surface area contributed by atoms with Crippen LogP contribution in [-0.2, 0) is 9.53 Å². The fraction of sp³-hybridized carbons (Fsp3) is 0.579. The van der Waals surface area contributed by atoms with Gasteiger partial charge in [0, 0.05) is 13.1 Å². The molecule has 1 saturated heterocycles. The molecule has 0 unspecified atom stereocenters. The number of nitrogens with one attached hydrogen (secondary N) is 1. The Bertz CT molecular complexity index is 607. The molecule has 0 saturated carbocycles. The number of hydrogen-bond acceptors (Lipinski definition) is 4. The van der Waals surface area contributed by atoms with Gasteiger partial charge in [-0.05, 0) is 31.9 Å². The molecule has 1 aliphatic heterocycles. The normalized spacial score (nSPS) is 21.8. The molecule has 0 spiro atoms. The first-order valence-corrected chi connectivity index (χ1v) is 8.71. The first-order chi connectivity index (χ1) is 11.8. The zero-order valence-electron chi connectivity index (χ0n) is 15.6. The van der Waals surface area contributed by atoms with E-state index in [1.807, 2.05) is 27.7 Å². The third kappa shape index (κ3) is 4.72. The van der Waals surface area contributed by atoms with Crippen LogP contribution in [0.5, 0.6) is 5.75 Å². The summed E-state index contributed by atoms with van der Waals surface area (Å²) in [5, 5.41) is 2.88. The Morgan fingerprint density at radius 2 is 1.80 bits per heavy atom. The second-order valence-electron chi connectivity index (χ2n) is 6.90. The summed E-state index contributed by atoms with van der Waals surface area (Å²) in [5.41, 5.74) is 0.423. The van der Waals surface area contributed by atoms with Crippen molar-refractivity contribution >= 4 is 11.8 Å². The molecule has 3 atom stereocenters. The van der Waals surface area contributed by atoms with Gasteiger partial charge in [-0.15, -0.1) is 0 Å². The van der Waals surface area contributed by atoms with Crippen LogP contribution >= 0.6 is 0 Å². The molecule has 25 heavy (non-hydrogen) atoms. The standard InChI is InChI=1S/C19H28N2O4/c1-12(2)17(19(23)21-10-13(3)25-14(4)11-21)20-18(22)15-8-6-7-9-16(15)24-5/h6-9,12-14,17H,10-11H2,1-5H3,(H,20,22)/t13-,14-,17-/m0/s1. The molecule has 2 rings (SSSR count). The van der Waals surface area contributed by atoms with Crippen molar-refractivity contribution in [3.63, 3.8) is 0 Å². The largest absolute Gasteiger partial charge is 0.496 e. The maximum Gasteiger partial charge on any atom is 0.255 e. The van der Waals surface area contributed by atoms with E-state index in [4.69, 9.17) is 9.47 Å². The van der Waals surface area contributed by atoms with Crippen LogP contribution in [0.2, 0.25) is 0 Å². The van der Waals surface area contributed by atoms with Crippen molar-refractivity contribution in [2.24, 2.45) is 5.92 Å². The lowest BCUT2D eigenvalue weighted by atomic mass is 10.0. The van der Waals surface area contributed by atoms with Gasteiger partial charge in [-0.25, -0.2) is 0 Å². The van der Waals surface area contributed by atoms with Crippen molar-refractivity contribution in [1.82, 2.24) is 10.2 Å². The van der Waals surface area contributed by atoms with Gasteiger partial charge in [-0.2, -0.15) is 0 Å². The number of hydrogen-bond donors (Lipinski definition) is 1. The molecule has 2 amide bonds. The van der Waals surface area contributed by atoms with Crippen LogP contribution in [-0.4, -0.2) is 55.2 Å². The Labute approximate surface area is 149 Å². The lowest BCUT2D eigenvalue weighted by Gasteiger charge is -2.38. The van der Waals surface area contributed by atoms with E-state index >= 15 is 0 Å². The molecule has 6 nitrogen and oxygen atoms in total. The lowest BCUT2D eigenvalue weighted by molar-refractivity contribution is -0.146. The van der Waals surface area contributed by atoms with Crippen LogP contribution in [0.4, 0.5) is 0 Å². The number of rotatable bonds is 5. The van der Waals surface area contributed by atoms with Gasteiger partial charge in [0.25, 0.3) is 5.91 Å². The van der Waals surface area contributed by atoms with Gasteiger partial charge in [0.05, 0.1) is 24.9 Å². The lowest BCUT2D eigenvalue weighted by Crippen LogP contribution is -2.56. The van der Waals surface area contributed by atoms with Crippen molar-refractivity contribution in [2.45, 2.75) is 45.9 Å². The number of methoxy groups -OCH3 is 1. The quantitative estimate of drug-likeness (QED) is 0.885. The van der Waals surface area contributed by atoms with Gasteiger partial charge < -0.3 is 19.7 Å². The summed E-state index contributed by atoms with van der Waals surface area (Å²) in [6.07, 6.45) is -0.0177. The van der Waals surface area contributed by atoms with Crippen molar-refractivity contribution < 1.29 is 19.1 Å². The van der Waals surface area contributed by atoms with E-state index < -0.39 is 6.04 Å². The third-order valence-corrected chi connectivity index (χ3v) is 4.30. The third-order valence-electron chi connectivity index (χ3n) is 4.30. The summed E-state index contributed by atoms with van der Waals surface area (Å²) < 4.78 is 10.9. The van der Waals surface area contributed by atoms with Crippen LogP contribution in [0, 0.1) is 5.92 Å². The summed E-state index contributed by atoms with van der Waals surface area (Å²) in [6, 6.07) is 6.41. The highest BCUT2D eigenvalue weighted by molar-refractivity contribution is 5.99. The maximum atomic E-state index is 13.0. The molecule has 0 aliphatic carbocycles. The topological polar surface area (TPSA) is 67.9 Å². The molecular formula is C19H28N2O4. The first-order valence-electron chi connectivity index (χ1n) is 8.71. The smallest absolute Gasteiger partial charge is 0.255 e. The van der Waals surface area contributed by atoms with Gasteiger partial charge in [0.15, 0.2) is 0 Å². The minimum absolute atomic E-state index is 0.00886. The molecule has 138 valence electrons. The summed E-state index contributed by atoms with van der Waals surface area (Å²) >= 11 is 0. The predicted molar refractivity (Wildman–Crippen MR) is 95.7 cm³/mol. The number of ether oxygens (including phenoxy) is 2. The molecule has 1 fully saturated rings. The number of carbonyl (C=O) groups excluding carboxylic acids is 2. The molecule has 0 bridgehead atoms. The molecular weight excluding hydrogens is 320 g/mol. The predicted octanol–water partition coefficient (Wildman–Crippen LogP) is 2.09. The van der Waals surface area contributed by atoms with E-state index in [2.05, 4.69) is 5.32 Å². The molecule has 1 N–H and O–H groups in total. The zero-order chi connectivity index (χ0) is 18.6. The fourth-order valence-electron chi connectivity index (χ4n) is 3.12. The monoisotopic (exact) mass is 348 g/mol. The van der Waals surface area contributed by atoms with E-state index in [0.29, 0.717) is 24.4 Å². The van der Waals surface area contributed by atoms with Crippen molar-refractivity contribution in [3.05, 3.63) is 29.8 Å². The molecule has 6 heteroatoms. The number of benzene rings is 1. The number of carbonyl (C=O) groups is 2. The van der Waals surface area contributed by atoms with E-state index in [9.17, 15) is 9.59 Å². The van der Waals surface area contributed by atoms with Gasteiger partial charge >= 0.3 is 0 Å². The molecule has 1 heterocycles. The van der Waals surface area contributed by atoms with Crippen molar-refractivity contribution in [3.8, 4) is 5.75 Å². The summed E-state index contributed by atoms with van der Waals surface area (Å²) in [6.45, 7) is 8.84. The van der Waals surface area contributed by atoms with Crippen molar-refractivity contribution in [2.75, 3.05) is 20.2 Å². The highest BCUT2D eigenvalue weighted by Gasteiger charge is 2.33. The highest BCUT2D eigenvalue weighted by atomic mass is 16.5. The van der Waals surface area contributed by atoms with E-state index in [1.165, 1.54) is 7.11 Å². The molecule has 1 aromatic rings. The second-order valence-corrected chi connectivity index (χ2v) is 6.90. The van der Waals surface area contributed by atoms with Gasteiger partial charge in [0.2, 0.25) is 5.91 Å². The molecule has 1 aromatic carbocycles. The Balaban J connectivity index is 2.15. The van der Waals surface area contributed by atoms with Crippen LogP contribution < -0.4 is 10.1 Å². The number of morpholine rings is 1. The molecule has 0 radical (unpaired) electrons. The Hall–Kier alpha value is -2.08. The van der Waals surface area contributed by atoms with E-state index in [1.54, 1.807) is 29.2 Å².